The Morgan fingerprint density at radius 3 is 2.33 bits per heavy atom. The summed E-state index contributed by atoms with van der Waals surface area (Å²) in [5.74, 6) is 1.19. The molecule has 0 saturated heterocycles. The summed E-state index contributed by atoms with van der Waals surface area (Å²) in [6.45, 7) is 0.630. The minimum atomic E-state index is -0.254. The Balaban J connectivity index is 2.94. The summed E-state index contributed by atoms with van der Waals surface area (Å²) in [4.78, 5) is 16.4. The van der Waals surface area contributed by atoms with Crippen LogP contribution in [-0.2, 0) is 4.79 Å². The van der Waals surface area contributed by atoms with E-state index in [1.807, 2.05) is 38.0 Å². The summed E-state index contributed by atoms with van der Waals surface area (Å²) < 4.78 is 10.5. The predicted octanol–water partition coefficient (Wildman–Crippen LogP) is 1.13. The molecule has 118 valence electrons. The molecule has 1 atom stereocenters. The van der Waals surface area contributed by atoms with Gasteiger partial charge in [-0.05, 0) is 40.3 Å². The van der Waals surface area contributed by atoms with Crippen molar-refractivity contribution in [1.29, 1.82) is 0 Å². The van der Waals surface area contributed by atoms with Gasteiger partial charge in [-0.1, -0.05) is 0 Å². The van der Waals surface area contributed by atoms with E-state index in [1.165, 1.54) is 0 Å². The smallest absolute Gasteiger partial charge is 0.243 e. The maximum absolute atomic E-state index is 12.5. The Morgan fingerprint density at radius 1 is 1.19 bits per heavy atom. The van der Waals surface area contributed by atoms with Crippen LogP contribution in [0.3, 0.4) is 0 Å². The largest absolute Gasteiger partial charge is 0.497 e. The van der Waals surface area contributed by atoms with E-state index in [0.29, 0.717) is 23.7 Å². The van der Waals surface area contributed by atoms with Gasteiger partial charge in [0.05, 0.1) is 19.9 Å². The molecule has 0 aliphatic rings. The van der Waals surface area contributed by atoms with Crippen molar-refractivity contribution in [2.24, 2.45) is 0 Å². The fourth-order valence-electron chi connectivity index (χ4n) is 1.95. The maximum atomic E-state index is 12.5. The quantitative estimate of drug-likeness (QED) is 0.817. The first-order valence-corrected chi connectivity index (χ1v) is 6.73. The van der Waals surface area contributed by atoms with Gasteiger partial charge in [0.25, 0.3) is 0 Å². The number of hydrogen-bond donors (Lipinski definition) is 1. The third kappa shape index (κ3) is 4.91. The zero-order valence-corrected chi connectivity index (χ0v) is 13.6. The van der Waals surface area contributed by atoms with E-state index in [4.69, 9.17) is 9.47 Å². The standard InChI is InChI=1S/C15H25N3O3/c1-17(2)10-13(18(3)4)15(19)16-12-9-11(20-5)7-8-14(12)21-6/h7-9,13H,10H2,1-6H3,(H,16,19). The minimum absolute atomic E-state index is 0.0831. The molecule has 0 fully saturated rings. The maximum Gasteiger partial charge on any atom is 0.243 e. The lowest BCUT2D eigenvalue weighted by atomic mass is 10.2. The number of anilines is 1. The van der Waals surface area contributed by atoms with Crippen LogP contribution in [0.5, 0.6) is 11.5 Å². The number of nitrogens with zero attached hydrogens (tertiary/aromatic N) is 2. The molecule has 6 nitrogen and oxygen atoms in total. The molecule has 0 aliphatic heterocycles. The van der Waals surface area contributed by atoms with E-state index in [2.05, 4.69) is 5.32 Å². The Morgan fingerprint density at radius 2 is 1.86 bits per heavy atom. The molecule has 21 heavy (non-hydrogen) atoms. The molecule has 1 N–H and O–H groups in total. The molecule has 0 aromatic heterocycles. The van der Waals surface area contributed by atoms with Crippen molar-refractivity contribution in [3.8, 4) is 11.5 Å². The number of rotatable bonds is 7. The Labute approximate surface area is 126 Å². The van der Waals surface area contributed by atoms with E-state index >= 15 is 0 Å². The molecule has 1 aromatic rings. The normalized spacial score (nSPS) is 12.4. The first kappa shape index (κ1) is 17.3. The Kier molecular flexibility index (Phi) is 6.45. The topological polar surface area (TPSA) is 54.0 Å². The molecule has 0 saturated carbocycles. The zero-order valence-electron chi connectivity index (χ0n) is 13.6. The van der Waals surface area contributed by atoms with Crippen LogP contribution in [0.1, 0.15) is 0 Å². The second kappa shape index (κ2) is 7.85. The van der Waals surface area contributed by atoms with Crippen molar-refractivity contribution in [1.82, 2.24) is 9.80 Å². The minimum Gasteiger partial charge on any atom is -0.497 e. The van der Waals surface area contributed by atoms with Crippen LogP contribution in [0, 0.1) is 0 Å². The first-order valence-electron chi connectivity index (χ1n) is 6.73. The van der Waals surface area contributed by atoms with E-state index in [9.17, 15) is 4.79 Å². The Hall–Kier alpha value is -1.79. The number of likely N-dealkylation sites (N-methyl/N-ethyl adjacent to an activating group) is 2. The fourth-order valence-corrected chi connectivity index (χ4v) is 1.95. The SMILES string of the molecule is COc1ccc(OC)c(NC(=O)C(CN(C)C)N(C)C)c1. The molecular formula is C15H25N3O3. The van der Waals surface area contributed by atoms with Gasteiger partial charge in [-0.25, -0.2) is 0 Å². The van der Waals surface area contributed by atoms with Crippen LogP contribution >= 0.6 is 0 Å². The first-order chi connectivity index (χ1) is 9.88. The van der Waals surface area contributed by atoms with Crippen molar-refractivity contribution in [3.05, 3.63) is 18.2 Å². The van der Waals surface area contributed by atoms with Gasteiger partial charge in [0, 0.05) is 12.6 Å². The average molecular weight is 295 g/mol. The van der Waals surface area contributed by atoms with Crippen LogP contribution in [-0.4, -0.2) is 70.7 Å². The number of hydrogen-bond acceptors (Lipinski definition) is 5. The van der Waals surface area contributed by atoms with E-state index < -0.39 is 0 Å². The number of benzene rings is 1. The second-order valence-corrected chi connectivity index (χ2v) is 5.30. The molecule has 0 heterocycles. The van der Waals surface area contributed by atoms with Crippen LogP contribution in [0.2, 0.25) is 0 Å². The molecule has 6 heteroatoms. The summed E-state index contributed by atoms with van der Waals surface area (Å²) in [5, 5.41) is 2.91. The van der Waals surface area contributed by atoms with Crippen LogP contribution in [0.15, 0.2) is 18.2 Å². The van der Waals surface area contributed by atoms with E-state index in [0.717, 1.165) is 0 Å². The molecule has 1 unspecified atom stereocenters. The van der Waals surface area contributed by atoms with Crippen molar-refractivity contribution in [2.75, 3.05) is 54.3 Å². The lowest BCUT2D eigenvalue weighted by molar-refractivity contribution is -0.120. The number of amides is 1. The van der Waals surface area contributed by atoms with Crippen molar-refractivity contribution < 1.29 is 14.3 Å². The molecule has 0 spiro atoms. The van der Waals surface area contributed by atoms with Crippen LogP contribution in [0.4, 0.5) is 5.69 Å². The molecular weight excluding hydrogens is 270 g/mol. The molecule has 0 radical (unpaired) electrons. The van der Waals surface area contributed by atoms with Gasteiger partial charge < -0.3 is 19.7 Å². The second-order valence-electron chi connectivity index (χ2n) is 5.30. The monoisotopic (exact) mass is 295 g/mol. The van der Waals surface area contributed by atoms with Gasteiger partial charge in [-0.15, -0.1) is 0 Å². The number of carbonyl (C=O) groups excluding carboxylic acids is 1. The highest BCUT2D eigenvalue weighted by molar-refractivity contribution is 5.96. The Bertz CT molecular complexity index is 475. The molecule has 1 amide bonds. The summed E-state index contributed by atoms with van der Waals surface area (Å²) in [5.41, 5.74) is 0.604. The summed E-state index contributed by atoms with van der Waals surface area (Å²) in [6.07, 6.45) is 0. The van der Waals surface area contributed by atoms with Gasteiger partial charge in [-0.3, -0.25) is 9.69 Å². The number of carbonyl (C=O) groups is 1. The van der Waals surface area contributed by atoms with Gasteiger partial charge in [-0.2, -0.15) is 0 Å². The van der Waals surface area contributed by atoms with Crippen LogP contribution < -0.4 is 14.8 Å². The lowest BCUT2D eigenvalue weighted by Crippen LogP contribution is -2.46. The highest BCUT2D eigenvalue weighted by atomic mass is 16.5. The predicted molar refractivity (Wildman–Crippen MR) is 84.2 cm³/mol. The molecule has 1 rings (SSSR count). The zero-order chi connectivity index (χ0) is 16.0. The van der Waals surface area contributed by atoms with Gasteiger partial charge in [0.2, 0.25) is 5.91 Å². The highest BCUT2D eigenvalue weighted by Gasteiger charge is 2.22. The van der Waals surface area contributed by atoms with Crippen molar-refractivity contribution in [3.63, 3.8) is 0 Å². The van der Waals surface area contributed by atoms with E-state index in [-0.39, 0.29) is 11.9 Å². The molecule has 0 bridgehead atoms. The highest BCUT2D eigenvalue weighted by Crippen LogP contribution is 2.29. The third-order valence-corrected chi connectivity index (χ3v) is 3.13. The molecule has 1 aromatic carbocycles. The van der Waals surface area contributed by atoms with Gasteiger partial charge in [0.1, 0.15) is 17.5 Å². The van der Waals surface area contributed by atoms with Gasteiger partial charge in [0.15, 0.2) is 0 Å². The van der Waals surface area contributed by atoms with Crippen LogP contribution in [0.25, 0.3) is 0 Å². The number of ether oxygens (including phenoxy) is 2. The van der Waals surface area contributed by atoms with Crippen molar-refractivity contribution >= 4 is 11.6 Å². The summed E-state index contributed by atoms with van der Waals surface area (Å²) in [6, 6.07) is 5.05. The fraction of sp³-hybridized carbons (Fsp3) is 0.533. The summed E-state index contributed by atoms with van der Waals surface area (Å²) in [7, 11) is 10.8. The third-order valence-electron chi connectivity index (χ3n) is 3.13. The van der Waals surface area contributed by atoms with Gasteiger partial charge >= 0.3 is 0 Å². The number of nitrogens with one attached hydrogen (secondary N) is 1. The lowest BCUT2D eigenvalue weighted by Gasteiger charge is -2.26. The molecule has 0 aliphatic carbocycles. The summed E-state index contributed by atoms with van der Waals surface area (Å²) >= 11 is 0. The van der Waals surface area contributed by atoms with E-state index in [1.54, 1.807) is 32.4 Å². The van der Waals surface area contributed by atoms with Crippen molar-refractivity contribution in [2.45, 2.75) is 6.04 Å². The number of methoxy groups -OCH3 is 2. The average Bonchev–Trinajstić information content (AvgIpc) is 2.43.